The minimum Gasteiger partial charge on any atom is -0.378 e. The van der Waals surface area contributed by atoms with Crippen molar-refractivity contribution in [3.05, 3.63) is 48.1 Å². The molecule has 3 heterocycles. The smallest absolute Gasteiger partial charge is 0.137 e. The van der Waals surface area contributed by atoms with Crippen LogP contribution in [0.5, 0.6) is 0 Å². The first kappa shape index (κ1) is 19.6. The van der Waals surface area contributed by atoms with Crippen molar-refractivity contribution in [2.24, 2.45) is 5.41 Å². The van der Waals surface area contributed by atoms with E-state index in [-0.39, 0.29) is 24.0 Å². The maximum absolute atomic E-state index is 5.51. The molecule has 6 heteroatoms. The molecule has 1 fully saturated rings. The first-order chi connectivity index (χ1) is 12.1. The van der Waals surface area contributed by atoms with Gasteiger partial charge in [0.2, 0.25) is 0 Å². The third kappa shape index (κ3) is 4.58. The number of aromatic nitrogens is 2. The highest BCUT2D eigenvalue weighted by Crippen LogP contribution is 2.37. The van der Waals surface area contributed by atoms with Crippen molar-refractivity contribution in [1.82, 2.24) is 19.6 Å². The van der Waals surface area contributed by atoms with Crippen LogP contribution in [-0.2, 0) is 11.3 Å². The summed E-state index contributed by atoms with van der Waals surface area (Å²) in [5, 5.41) is 3.71. The van der Waals surface area contributed by atoms with E-state index in [0.29, 0.717) is 11.5 Å². The minimum atomic E-state index is 0. The maximum Gasteiger partial charge on any atom is 0.137 e. The van der Waals surface area contributed by atoms with Gasteiger partial charge in [0, 0.05) is 43.8 Å². The first-order valence-electron chi connectivity index (χ1n) is 9.28. The Balaban J connectivity index is 0.00000196. The molecule has 5 nitrogen and oxygen atoms in total. The van der Waals surface area contributed by atoms with Crippen molar-refractivity contribution in [2.75, 3.05) is 26.3 Å². The fraction of sp³-hybridized carbons (Fsp3) is 0.550. The van der Waals surface area contributed by atoms with Crippen LogP contribution in [0.2, 0.25) is 0 Å². The molecular formula is C20H29IN4O. The van der Waals surface area contributed by atoms with E-state index in [2.05, 4.69) is 40.7 Å². The van der Waals surface area contributed by atoms with Crippen molar-refractivity contribution in [3.8, 4) is 0 Å². The Morgan fingerprint density at radius 3 is 2.85 bits per heavy atom. The Kier molecular flexibility index (Phi) is 6.25. The highest BCUT2D eigenvalue weighted by Gasteiger charge is 2.31. The number of ether oxygens (including phenoxy) is 1. The van der Waals surface area contributed by atoms with Gasteiger partial charge in [0.25, 0.3) is 0 Å². The quantitative estimate of drug-likeness (QED) is 0.699. The summed E-state index contributed by atoms with van der Waals surface area (Å²) < 4.78 is 7.59. The maximum atomic E-state index is 5.51. The van der Waals surface area contributed by atoms with Crippen LogP contribution >= 0.6 is 24.0 Å². The third-order valence-electron chi connectivity index (χ3n) is 5.20. The predicted molar refractivity (Wildman–Crippen MR) is 115 cm³/mol. The Morgan fingerprint density at radius 1 is 1.27 bits per heavy atom. The van der Waals surface area contributed by atoms with Crippen LogP contribution in [0, 0.1) is 5.41 Å². The largest absolute Gasteiger partial charge is 0.378 e. The standard InChI is InChI=1S/C20H28N4O.HI/c1-20(2)12-16(11-18(13-20)23-7-9-25-10-8-23)21-14-17-15-24-6-4-3-5-19(24)22-17;/h3-6,11,15-16,21H,7-10,12-14H2,1-2H3;1H. The average Bonchev–Trinajstić information content (AvgIpc) is 3.02. The molecule has 1 aliphatic heterocycles. The average molecular weight is 468 g/mol. The van der Waals surface area contributed by atoms with E-state index in [1.54, 1.807) is 0 Å². The highest BCUT2D eigenvalue weighted by molar-refractivity contribution is 14.0. The number of imidazole rings is 1. The van der Waals surface area contributed by atoms with Crippen LogP contribution in [0.3, 0.4) is 0 Å². The third-order valence-corrected chi connectivity index (χ3v) is 5.20. The molecule has 1 unspecified atom stereocenters. The fourth-order valence-electron chi connectivity index (χ4n) is 4.01. The summed E-state index contributed by atoms with van der Waals surface area (Å²) in [4.78, 5) is 7.20. The van der Waals surface area contributed by atoms with Gasteiger partial charge in [0.15, 0.2) is 0 Å². The van der Waals surface area contributed by atoms with E-state index in [0.717, 1.165) is 57.0 Å². The molecule has 1 atom stereocenters. The van der Waals surface area contributed by atoms with Gasteiger partial charge in [-0.15, -0.1) is 24.0 Å². The summed E-state index contributed by atoms with van der Waals surface area (Å²) in [7, 11) is 0. The van der Waals surface area contributed by atoms with Gasteiger partial charge in [-0.1, -0.05) is 19.9 Å². The molecule has 0 aromatic carbocycles. The molecule has 0 saturated carbocycles. The van der Waals surface area contributed by atoms with Crippen LogP contribution in [0.1, 0.15) is 32.4 Å². The molecule has 0 amide bonds. The Hall–Kier alpha value is -1.12. The molecule has 0 bridgehead atoms. The zero-order chi connectivity index (χ0) is 17.3. The van der Waals surface area contributed by atoms with E-state index < -0.39 is 0 Å². The van der Waals surface area contributed by atoms with Crippen LogP contribution in [0.15, 0.2) is 42.4 Å². The summed E-state index contributed by atoms with van der Waals surface area (Å²) >= 11 is 0. The monoisotopic (exact) mass is 468 g/mol. The van der Waals surface area contributed by atoms with Gasteiger partial charge in [-0.2, -0.15) is 0 Å². The van der Waals surface area contributed by atoms with Gasteiger partial charge >= 0.3 is 0 Å². The van der Waals surface area contributed by atoms with Crippen molar-refractivity contribution >= 4 is 29.6 Å². The molecule has 1 saturated heterocycles. The molecule has 2 aliphatic rings. The lowest BCUT2D eigenvalue weighted by atomic mass is 9.77. The number of halogens is 1. The number of hydrogen-bond donors (Lipinski definition) is 1. The number of pyridine rings is 1. The summed E-state index contributed by atoms with van der Waals surface area (Å²) in [6.07, 6.45) is 8.91. The second-order valence-corrected chi connectivity index (χ2v) is 7.99. The Bertz CT molecular complexity index is 731. The minimum absolute atomic E-state index is 0. The van der Waals surface area contributed by atoms with Crippen LogP contribution in [-0.4, -0.2) is 46.6 Å². The second kappa shape index (κ2) is 8.27. The fourth-order valence-corrected chi connectivity index (χ4v) is 4.01. The number of nitrogens with zero attached hydrogens (tertiary/aromatic N) is 3. The number of rotatable bonds is 4. The predicted octanol–water partition coefficient (Wildman–Crippen LogP) is 3.45. The molecular weight excluding hydrogens is 439 g/mol. The van der Waals surface area contributed by atoms with Gasteiger partial charge in [-0.05, 0) is 36.5 Å². The van der Waals surface area contributed by atoms with Crippen LogP contribution in [0.4, 0.5) is 0 Å². The van der Waals surface area contributed by atoms with Gasteiger partial charge in [-0.3, -0.25) is 0 Å². The van der Waals surface area contributed by atoms with E-state index >= 15 is 0 Å². The number of morpholine rings is 1. The van der Waals surface area contributed by atoms with Crippen molar-refractivity contribution in [3.63, 3.8) is 0 Å². The van der Waals surface area contributed by atoms with Crippen LogP contribution < -0.4 is 5.32 Å². The number of nitrogens with one attached hydrogen (secondary N) is 1. The summed E-state index contributed by atoms with van der Waals surface area (Å²) in [5.74, 6) is 0. The molecule has 1 N–H and O–H groups in total. The molecule has 0 spiro atoms. The molecule has 2 aromatic rings. The summed E-state index contributed by atoms with van der Waals surface area (Å²) in [6, 6.07) is 6.50. The van der Waals surface area contributed by atoms with E-state index in [9.17, 15) is 0 Å². The van der Waals surface area contributed by atoms with Crippen molar-refractivity contribution in [1.29, 1.82) is 0 Å². The summed E-state index contributed by atoms with van der Waals surface area (Å²) in [5.41, 5.74) is 3.90. The Morgan fingerprint density at radius 2 is 2.08 bits per heavy atom. The molecule has 142 valence electrons. The lowest BCUT2D eigenvalue weighted by Gasteiger charge is -2.41. The normalized spacial score (nSPS) is 22.8. The lowest BCUT2D eigenvalue weighted by Crippen LogP contribution is -2.42. The molecule has 4 rings (SSSR count). The van der Waals surface area contributed by atoms with E-state index in [4.69, 9.17) is 9.72 Å². The van der Waals surface area contributed by atoms with Gasteiger partial charge in [0.05, 0.1) is 18.9 Å². The number of fused-ring (bicyclic) bond motifs is 1. The van der Waals surface area contributed by atoms with Crippen LogP contribution in [0.25, 0.3) is 5.65 Å². The van der Waals surface area contributed by atoms with Crippen molar-refractivity contribution in [2.45, 2.75) is 39.3 Å². The second-order valence-electron chi connectivity index (χ2n) is 7.99. The zero-order valence-electron chi connectivity index (χ0n) is 15.6. The number of hydrogen-bond acceptors (Lipinski definition) is 4. The van der Waals surface area contributed by atoms with Gasteiger partial charge in [-0.25, -0.2) is 4.98 Å². The van der Waals surface area contributed by atoms with Gasteiger partial charge < -0.3 is 19.4 Å². The molecule has 26 heavy (non-hydrogen) atoms. The highest BCUT2D eigenvalue weighted by atomic mass is 127. The van der Waals surface area contributed by atoms with Gasteiger partial charge in [0.1, 0.15) is 5.65 Å². The topological polar surface area (TPSA) is 41.8 Å². The van der Waals surface area contributed by atoms with Crippen molar-refractivity contribution < 1.29 is 4.74 Å². The zero-order valence-corrected chi connectivity index (χ0v) is 18.0. The summed E-state index contributed by atoms with van der Waals surface area (Å²) in [6.45, 7) is 9.27. The molecule has 1 aliphatic carbocycles. The first-order valence-corrected chi connectivity index (χ1v) is 9.28. The van der Waals surface area contributed by atoms with E-state index in [1.807, 2.05) is 24.4 Å². The molecule has 2 aromatic heterocycles. The van der Waals surface area contributed by atoms with E-state index in [1.165, 1.54) is 5.70 Å². The Labute approximate surface area is 172 Å². The number of allylic oxidation sites excluding steroid dienone is 1. The SMILES string of the molecule is CC1(C)CC(N2CCOCC2)=CC(NCc2cn3ccccc3n2)C1.I. The lowest BCUT2D eigenvalue weighted by molar-refractivity contribution is 0.0469. The molecule has 0 radical (unpaired) electrons.